The van der Waals surface area contributed by atoms with Gasteiger partial charge in [-0.05, 0) is 62.2 Å². The summed E-state index contributed by atoms with van der Waals surface area (Å²) in [7, 11) is 0. The predicted octanol–water partition coefficient (Wildman–Crippen LogP) is 3.75. The van der Waals surface area contributed by atoms with Crippen molar-refractivity contribution in [2.24, 2.45) is 0 Å². The van der Waals surface area contributed by atoms with Crippen molar-refractivity contribution in [3.05, 3.63) is 83.7 Å². The van der Waals surface area contributed by atoms with Crippen LogP contribution in [0.3, 0.4) is 0 Å². The van der Waals surface area contributed by atoms with Crippen LogP contribution in [0.5, 0.6) is 0 Å². The van der Waals surface area contributed by atoms with Gasteiger partial charge in [-0.1, -0.05) is 18.2 Å². The molecule has 4 rings (SSSR count). The molecule has 8 heteroatoms. The van der Waals surface area contributed by atoms with Crippen LogP contribution in [-0.2, 0) is 18.6 Å². The summed E-state index contributed by atoms with van der Waals surface area (Å²) in [5.41, 5.74) is 3.90. The van der Waals surface area contributed by atoms with Crippen molar-refractivity contribution in [3.8, 4) is 0 Å². The van der Waals surface area contributed by atoms with Crippen LogP contribution in [0.15, 0.2) is 61.3 Å². The van der Waals surface area contributed by atoms with Crippen LogP contribution >= 0.6 is 0 Å². The third kappa shape index (κ3) is 5.59. The highest BCUT2D eigenvalue weighted by atomic mass is 16.3. The van der Waals surface area contributed by atoms with Gasteiger partial charge in [-0.2, -0.15) is 0 Å². The van der Waals surface area contributed by atoms with Crippen molar-refractivity contribution in [2.45, 2.75) is 32.4 Å². The molecule has 1 aliphatic heterocycles. The Morgan fingerprint density at radius 1 is 1.18 bits per heavy atom. The van der Waals surface area contributed by atoms with E-state index in [2.05, 4.69) is 49.9 Å². The minimum absolute atomic E-state index is 0.277. The zero-order valence-electron chi connectivity index (χ0n) is 19.5. The first-order valence-corrected chi connectivity index (χ1v) is 11.3. The second kappa shape index (κ2) is 10.0. The number of pyridine rings is 2. The summed E-state index contributed by atoms with van der Waals surface area (Å²) in [5, 5.41) is 23.1. The normalized spacial score (nSPS) is 13.0. The maximum absolute atomic E-state index is 12.7. The first kappa shape index (κ1) is 23.4. The fraction of sp³-hybridized carbons (Fsp3) is 0.269. The topological polar surface area (TPSA) is 111 Å². The van der Waals surface area contributed by atoms with Crippen LogP contribution in [-0.4, -0.2) is 34.1 Å². The molecule has 0 radical (unpaired) electrons. The number of carbonyl (C=O) groups excluding carboxylic acids is 1. The summed E-state index contributed by atoms with van der Waals surface area (Å²) in [6, 6.07) is 13.4. The smallest absolute Gasteiger partial charge is 0.255 e. The SMILES string of the molecule is C=CCNC(=O)c1cnc(Nc2ccc3c(c2)CCNC3)cc1Nc1cccc(C(C)(C)O)n1. The van der Waals surface area contributed by atoms with Gasteiger partial charge in [-0.15, -0.1) is 6.58 Å². The lowest BCUT2D eigenvalue weighted by Crippen LogP contribution is -2.24. The van der Waals surface area contributed by atoms with Gasteiger partial charge in [0, 0.05) is 31.0 Å². The van der Waals surface area contributed by atoms with Crippen molar-refractivity contribution in [3.63, 3.8) is 0 Å². The van der Waals surface area contributed by atoms with E-state index in [0.717, 1.165) is 25.2 Å². The van der Waals surface area contributed by atoms with Crippen LogP contribution in [0.1, 0.15) is 41.0 Å². The molecule has 176 valence electrons. The average Bonchev–Trinajstić information content (AvgIpc) is 2.82. The van der Waals surface area contributed by atoms with Crippen molar-refractivity contribution < 1.29 is 9.90 Å². The molecule has 2 aromatic heterocycles. The Morgan fingerprint density at radius 2 is 2.03 bits per heavy atom. The van der Waals surface area contributed by atoms with E-state index < -0.39 is 5.60 Å². The Balaban J connectivity index is 1.64. The molecule has 3 heterocycles. The maximum Gasteiger partial charge on any atom is 0.255 e. The van der Waals surface area contributed by atoms with E-state index in [9.17, 15) is 9.90 Å². The maximum atomic E-state index is 12.7. The number of fused-ring (bicyclic) bond motifs is 1. The predicted molar refractivity (Wildman–Crippen MR) is 135 cm³/mol. The van der Waals surface area contributed by atoms with Crippen LogP contribution in [0.2, 0.25) is 0 Å². The van der Waals surface area contributed by atoms with Gasteiger partial charge in [0.05, 0.1) is 16.9 Å². The number of nitrogens with one attached hydrogen (secondary N) is 4. The van der Waals surface area contributed by atoms with E-state index in [1.54, 1.807) is 38.1 Å². The molecule has 3 aromatic rings. The number of rotatable bonds is 8. The quantitative estimate of drug-likeness (QED) is 0.327. The molecular formula is C26H30N6O2. The van der Waals surface area contributed by atoms with Crippen molar-refractivity contribution in [1.82, 2.24) is 20.6 Å². The van der Waals surface area contributed by atoms with E-state index in [0.29, 0.717) is 35.1 Å². The number of aliphatic hydroxyl groups is 1. The first-order chi connectivity index (χ1) is 16.3. The van der Waals surface area contributed by atoms with Gasteiger partial charge >= 0.3 is 0 Å². The zero-order chi connectivity index (χ0) is 24.1. The lowest BCUT2D eigenvalue weighted by molar-refractivity contribution is 0.0740. The first-order valence-electron chi connectivity index (χ1n) is 11.3. The molecule has 8 nitrogen and oxygen atoms in total. The fourth-order valence-electron chi connectivity index (χ4n) is 3.75. The summed E-state index contributed by atoms with van der Waals surface area (Å²) in [6.07, 6.45) is 4.14. The van der Waals surface area contributed by atoms with Gasteiger partial charge < -0.3 is 26.4 Å². The highest BCUT2D eigenvalue weighted by Crippen LogP contribution is 2.27. The van der Waals surface area contributed by atoms with E-state index in [-0.39, 0.29) is 5.91 Å². The second-order valence-electron chi connectivity index (χ2n) is 8.74. The molecule has 0 fully saturated rings. The summed E-state index contributed by atoms with van der Waals surface area (Å²) in [5.74, 6) is 0.826. The molecule has 0 saturated carbocycles. The van der Waals surface area contributed by atoms with Crippen LogP contribution in [0.4, 0.5) is 23.0 Å². The molecule has 0 saturated heterocycles. The standard InChI is InChI=1S/C26H30N6O2/c1-4-11-28-25(33)20-16-29-24(30-19-9-8-18-15-27-12-10-17(18)13-19)14-21(20)31-23-7-5-6-22(32-23)26(2,3)34/h4-9,13-14,16,27,34H,1,10-12,15H2,2-3H3,(H,28,33)(H2,29,30,31,32). The van der Waals surface area contributed by atoms with E-state index in [1.165, 1.54) is 17.3 Å². The molecule has 5 N–H and O–H groups in total. The lowest BCUT2D eigenvalue weighted by Gasteiger charge is -2.19. The molecule has 0 spiro atoms. The Morgan fingerprint density at radius 3 is 2.82 bits per heavy atom. The number of hydrogen-bond acceptors (Lipinski definition) is 7. The highest BCUT2D eigenvalue weighted by Gasteiger charge is 2.19. The van der Waals surface area contributed by atoms with Crippen molar-refractivity contribution >= 4 is 28.9 Å². The minimum atomic E-state index is -1.09. The molecule has 1 aromatic carbocycles. The monoisotopic (exact) mass is 458 g/mol. The molecule has 0 atom stereocenters. The van der Waals surface area contributed by atoms with Gasteiger partial charge in [-0.25, -0.2) is 9.97 Å². The number of hydrogen-bond donors (Lipinski definition) is 5. The summed E-state index contributed by atoms with van der Waals surface area (Å²) in [4.78, 5) is 21.7. The number of anilines is 4. The van der Waals surface area contributed by atoms with Gasteiger partial charge in [0.15, 0.2) is 0 Å². The van der Waals surface area contributed by atoms with Gasteiger partial charge in [0.2, 0.25) is 0 Å². The van der Waals surface area contributed by atoms with Gasteiger partial charge in [0.1, 0.15) is 17.2 Å². The van der Waals surface area contributed by atoms with Crippen LogP contribution in [0.25, 0.3) is 0 Å². The molecule has 1 amide bonds. The number of amides is 1. The summed E-state index contributed by atoms with van der Waals surface area (Å²) < 4.78 is 0. The van der Waals surface area contributed by atoms with E-state index in [1.807, 2.05) is 12.1 Å². The average molecular weight is 459 g/mol. The highest BCUT2D eigenvalue weighted by molar-refractivity contribution is 6.00. The summed E-state index contributed by atoms with van der Waals surface area (Å²) >= 11 is 0. The fourth-order valence-corrected chi connectivity index (χ4v) is 3.75. The van der Waals surface area contributed by atoms with Crippen molar-refractivity contribution in [2.75, 3.05) is 23.7 Å². The van der Waals surface area contributed by atoms with Crippen LogP contribution in [0, 0.1) is 0 Å². The summed E-state index contributed by atoms with van der Waals surface area (Å²) in [6.45, 7) is 9.19. The lowest BCUT2D eigenvalue weighted by atomic mass is 10.0. The van der Waals surface area contributed by atoms with Gasteiger partial charge in [0.25, 0.3) is 5.91 Å². The van der Waals surface area contributed by atoms with Crippen molar-refractivity contribution in [1.29, 1.82) is 0 Å². The molecule has 0 unspecified atom stereocenters. The number of nitrogens with zero attached hydrogens (tertiary/aromatic N) is 2. The zero-order valence-corrected chi connectivity index (χ0v) is 19.5. The van der Waals surface area contributed by atoms with Gasteiger partial charge in [-0.3, -0.25) is 4.79 Å². The number of carbonyl (C=O) groups is 1. The minimum Gasteiger partial charge on any atom is -0.384 e. The van der Waals surface area contributed by atoms with E-state index >= 15 is 0 Å². The van der Waals surface area contributed by atoms with Crippen LogP contribution < -0.4 is 21.3 Å². The Hall–Kier alpha value is -3.75. The molecule has 1 aliphatic rings. The number of aromatic nitrogens is 2. The number of benzene rings is 1. The Kier molecular flexibility index (Phi) is 6.90. The molecule has 0 aliphatic carbocycles. The Bertz CT molecular complexity index is 1200. The van der Waals surface area contributed by atoms with E-state index in [4.69, 9.17) is 0 Å². The third-order valence-corrected chi connectivity index (χ3v) is 5.56. The molecular weight excluding hydrogens is 428 g/mol. The second-order valence-corrected chi connectivity index (χ2v) is 8.74. The molecule has 34 heavy (non-hydrogen) atoms. The largest absolute Gasteiger partial charge is 0.384 e. The molecule has 0 bridgehead atoms. The Labute approximate surface area is 199 Å². The third-order valence-electron chi connectivity index (χ3n) is 5.56.